The molecular formula is C15H31N3O2. The molecule has 0 saturated carbocycles. The van der Waals surface area contributed by atoms with Crippen LogP contribution in [0.15, 0.2) is 0 Å². The molecule has 118 valence electrons. The van der Waals surface area contributed by atoms with Gasteiger partial charge in [0.1, 0.15) is 0 Å². The second-order valence-electron chi connectivity index (χ2n) is 5.26. The lowest BCUT2D eigenvalue weighted by molar-refractivity contribution is -0.136. The summed E-state index contributed by atoms with van der Waals surface area (Å²) in [5.41, 5.74) is 5.61. The van der Waals surface area contributed by atoms with Gasteiger partial charge in [-0.2, -0.15) is 0 Å². The number of carbonyl (C=O) groups excluding carboxylic acids is 2. The highest BCUT2D eigenvalue weighted by molar-refractivity contribution is 5.84. The van der Waals surface area contributed by atoms with Crippen LogP contribution in [0.5, 0.6) is 0 Å². The lowest BCUT2D eigenvalue weighted by Crippen LogP contribution is -2.40. The molecule has 0 heterocycles. The van der Waals surface area contributed by atoms with E-state index in [2.05, 4.69) is 12.2 Å². The van der Waals surface area contributed by atoms with Gasteiger partial charge in [0, 0.05) is 20.0 Å². The van der Waals surface area contributed by atoms with Crippen molar-refractivity contribution in [2.75, 3.05) is 26.7 Å². The molecule has 5 nitrogen and oxygen atoms in total. The molecule has 1 unspecified atom stereocenters. The number of nitrogens with one attached hydrogen (secondary N) is 1. The molecule has 3 N–H and O–H groups in total. The second kappa shape index (κ2) is 11.7. The second-order valence-corrected chi connectivity index (χ2v) is 5.26. The number of likely N-dealkylation sites (N-methyl/N-ethyl adjacent to an activating group) is 1. The molecule has 0 bridgehead atoms. The number of hydrogen-bond donors (Lipinski definition) is 2. The first kappa shape index (κ1) is 18.9. The van der Waals surface area contributed by atoms with Crippen molar-refractivity contribution in [1.82, 2.24) is 10.2 Å². The van der Waals surface area contributed by atoms with Crippen LogP contribution in [-0.4, -0.2) is 43.4 Å². The van der Waals surface area contributed by atoms with Gasteiger partial charge in [-0.05, 0) is 31.7 Å². The van der Waals surface area contributed by atoms with Crippen LogP contribution in [0.25, 0.3) is 0 Å². The first-order valence-corrected chi connectivity index (χ1v) is 7.77. The quantitative estimate of drug-likeness (QED) is 0.604. The lowest BCUT2D eigenvalue weighted by atomic mass is 9.94. The average Bonchev–Trinajstić information content (AvgIpc) is 2.44. The highest BCUT2D eigenvalue weighted by atomic mass is 16.2. The van der Waals surface area contributed by atoms with Crippen LogP contribution in [0.4, 0.5) is 0 Å². The predicted molar refractivity (Wildman–Crippen MR) is 82.2 cm³/mol. The summed E-state index contributed by atoms with van der Waals surface area (Å²) in [5.74, 6) is 0.491. The van der Waals surface area contributed by atoms with Gasteiger partial charge in [0.05, 0.1) is 6.54 Å². The highest BCUT2D eigenvalue weighted by Gasteiger charge is 2.17. The van der Waals surface area contributed by atoms with E-state index in [1.165, 1.54) is 0 Å². The van der Waals surface area contributed by atoms with E-state index in [1.54, 1.807) is 11.9 Å². The van der Waals surface area contributed by atoms with Gasteiger partial charge in [0.15, 0.2) is 0 Å². The molecule has 0 aliphatic heterocycles. The number of amides is 2. The minimum Gasteiger partial charge on any atom is -0.358 e. The van der Waals surface area contributed by atoms with Crippen molar-refractivity contribution in [2.24, 2.45) is 11.7 Å². The van der Waals surface area contributed by atoms with E-state index in [9.17, 15) is 9.59 Å². The number of nitrogens with zero attached hydrogens (tertiary/aromatic N) is 1. The molecule has 0 radical (unpaired) electrons. The first-order chi connectivity index (χ1) is 9.58. The number of carbonyl (C=O) groups is 2. The first-order valence-electron chi connectivity index (χ1n) is 7.77. The van der Waals surface area contributed by atoms with E-state index in [0.717, 1.165) is 32.1 Å². The van der Waals surface area contributed by atoms with E-state index < -0.39 is 0 Å². The summed E-state index contributed by atoms with van der Waals surface area (Å²) >= 11 is 0. The Morgan fingerprint density at radius 3 is 2.35 bits per heavy atom. The van der Waals surface area contributed by atoms with Crippen LogP contribution in [0.3, 0.4) is 0 Å². The van der Waals surface area contributed by atoms with Crippen LogP contribution in [-0.2, 0) is 9.59 Å². The molecule has 0 saturated heterocycles. The Kier molecular flexibility index (Phi) is 11.1. The van der Waals surface area contributed by atoms with Crippen LogP contribution in [0.2, 0.25) is 0 Å². The van der Waals surface area contributed by atoms with Crippen molar-refractivity contribution in [1.29, 1.82) is 0 Å². The smallest absolute Gasteiger partial charge is 0.239 e. The van der Waals surface area contributed by atoms with Crippen molar-refractivity contribution < 1.29 is 9.59 Å². The van der Waals surface area contributed by atoms with E-state index in [1.807, 2.05) is 6.92 Å². The summed E-state index contributed by atoms with van der Waals surface area (Å²) in [6.07, 6.45) is 5.47. The van der Waals surface area contributed by atoms with Crippen LogP contribution in [0, 0.1) is 5.92 Å². The molecular weight excluding hydrogens is 254 g/mol. The van der Waals surface area contributed by atoms with Gasteiger partial charge in [-0.1, -0.05) is 26.7 Å². The largest absolute Gasteiger partial charge is 0.358 e. The summed E-state index contributed by atoms with van der Waals surface area (Å²) in [7, 11) is 1.59. The standard InChI is InChI=1S/C15H31N3O2/c1-4-6-13(9-10-16)7-8-15(20)18(11-5-2)12-14(19)17-3/h13H,4-12,16H2,1-3H3,(H,17,19). The zero-order chi connectivity index (χ0) is 15.4. The van der Waals surface area contributed by atoms with Gasteiger partial charge in [-0.15, -0.1) is 0 Å². The lowest BCUT2D eigenvalue weighted by Gasteiger charge is -2.22. The maximum absolute atomic E-state index is 12.2. The average molecular weight is 285 g/mol. The molecule has 20 heavy (non-hydrogen) atoms. The summed E-state index contributed by atoms with van der Waals surface area (Å²) in [6, 6.07) is 0. The van der Waals surface area contributed by atoms with Crippen molar-refractivity contribution in [2.45, 2.75) is 52.4 Å². The fourth-order valence-electron chi connectivity index (χ4n) is 2.38. The molecule has 0 aromatic carbocycles. The van der Waals surface area contributed by atoms with Gasteiger partial charge in [-0.25, -0.2) is 0 Å². The Morgan fingerprint density at radius 2 is 1.85 bits per heavy atom. The Balaban J connectivity index is 4.32. The van der Waals surface area contributed by atoms with E-state index in [-0.39, 0.29) is 18.4 Å². The predicted octanol–water partition coefficient (Wildman–Crippen LogP) is 1.52. The third-order valence-electron chi connectivity index (χ3n) is 3.50. The number of hydrogen-bond acceptors (Lipinski definition) is 3. The Hall–Kier alpha value is -1.10. The Morgan fingerprint density at radius 1 is 1.15 bits per heavy atom. The molecule has 0 aliphatic carbocycles. The molecule has 0 aromatic rings. The van der Waals surface area contributed by atoms with E-state index in [0.29, 0.717) is 25.4 Å². The number of nitrogens with two attached hydrogens (primary N) is 1. The highest BCUT2D eigenvalue weighted by Crippen LogP contribution is 2.17. The molecule has 1 atom stereocenters. The summed E-state index contributed by atoms with van der Waals surface area (Å²) in [4.78, 5) is 25.3. The van der Waals surface area contributed by atoms with Crippen LogP contribution < -0.4 is 11.1 Å². The third-order valence-corrected chi connectivity index (χ3v) is 3.50. The van der Waals surface area contributed by atoms with Crippen molar-refractivity contribution >= 4 is 11.8 Å². The zero-order valence-corrected chi connectivity index (χ0v) is 13.3. The molecule has 2 amide bonds. The number of rotatable bonds is 11. The van der Waals surface area contributed by atoms with Crippen LogP contribution in [0.1, 0.15) is 52.4 Å². The third kappa shape index (κ3) is 8.15. The molecule has 0 aliphatic rings. The van der Waals surface area contributed by atoms with Gasteiger partial charge in [-0.3, -0.25) is 9.59 Å². The SMILES string of the molecule is CCCC(CCN)CCC(=O)N(CCC)CC(=O)NC. The molecule has 0 spiro atoms. The van der Waals surface area contributed by atoms with Gasteiger partial charge in [0.25, 0.3) is 0 Å². The Bertz CT molecular complexity index is 276. The zero-order valence-electron chi connectivity index (χ0n) is 13.3. The summed E-state index contributed by atoms with van der Waals surface area (Å²) in [6.45, 7) is 5.65. The van der Waals surface area contributed by atoms with Crippen molar-refractivity contribution in [3.8, 4) is 0 Å². The van der Waals surface area contributed by atoms with Gasteiger partial charge >= 0.3 is 0 Å². The molecule has 0 rings (SSSR count). The maximum Gasteiger partial charge on any atom is 0.239 e. The van der Waals surface area contributed by atoms with Crippen LogP contribution >= 0.6 is 0 Å². The summed E-state index contributed by atoms with van der Waals surface area (Å²) < 4.78 is 0. The molecule has 0 aromatic heterocycles. The fourth-order valence-corrected chi connectivity index (χ4v) is 2.38. The van der Waals surface area contributed by atoms with Crippen molar-refractivity contribution in [3.05, 3.63) is 0 Å². The fraction of sp³-hybridized carbons (Fsp3) is 0.867. The normalized spacial score (nSPS) is 12.0. The molecule has 5 heteroatoms. The van der Waals surface area contributed by atoms with E-state index >= 15 is 0 Å². The van der Waals surface area contributed by atoms with Crippen molar-refractivity contribution in [3.63, 3.8) is 0 Å². The maximum atomic E-state index is 12.2. The monoisotopic (exact) mass is 285 g/mol. The molecule has 0 fully saturated rings. The van der Waals surface area contributed by atoms with Gasteiger partial charge in [0.2, 0.25) is 11.8 Å². The van der Waals surface area contributed by atoms with Gasteiger partial charge < -0.3 is 16.0 Å². The Labute approximate surface area is 123 Å². The summed E-state index contributed by atoms with van der Waals surface area (Å²) in [5, 5.41) is 2.56. The minimum atomic E-state index is -0.112. The van der Waals surface area contributed by atoms with E-state index in [4.69, 9.17) is 5.73 Å². The topological polar surface area (TPSA) is 75.4 Å². The minimum absolute atomic E-state index is 0.0774.